The molecule has 0 spiro atoms. The number of ether oxygens (including phenoxy) is 1. The van der Waals surface area contributed by atoms with Crippen molar-refractivity contribution in [3.05, 3.63) is 0 Å². The summed E-state index contributed by atoms with van der Waals surface area (Å²) in [5.41, 5.74) is -2.72. The van der Waals surface area contributed by atoms with Gasteiger partial charge in [0.05, 0.1) is 0 Å². The number of Topliss-reactive ketones (excluding diaryl/α,β-unsaturated/α-hetero) is 4. The van der Waals surface area contributed by atoms with Crippen molar-refractivity contribution in [1.29, 1.82) is 0 Å². The van der Waals surface area contributed by atoms with E-state index >= 15 is 0 Å². The quantitative estimate of drug-likeness (QED) is 0.254. The Morgan fingerprint density at radius 3 is 1.26 bits per heavy atom. The van der Waals surface area contributed by atoms with Crippen molar-refractivity contribution in [2.24, 2.45) is 5.41 Å². The van der Waals surface area contributed by atoms with Crippen molar-refractivity contribution in [2.75, 3.05) is 0 Å². The summed E-state index contributed by atoms with van der Waals surface area (Å²) in [6.07, 6.45) is 0. The first-order valence-electron chi connectivity index (χ1n) is 4.88. The summed E-state index contributed by atoms with van der Waals surface area (Å²) in [4.78, 5) is 67.8. The van der Waals surface area contributed by atoms with E-state index in [1.165, 1.54) is 0 Å². The van der Waals surface area contributed by atoms with Crippen molar-refractivity contribution in [3.63, 3.8) is 0 Å². The third-order valence-corrected chi connectivity index (χ3v) is 2.35. The van der Waals surface area contributed by atoms with E-state index in [0.29, 0.717) is 0 Å². The van der Waals surface area contributed by atoms with Crippen LogP contribution in [0.2, 0.25) is 0 Å². The predicted molar refractivity (Wildman–Crippen MR) is 66.2 cm³/mol. The van der Waals surface area contributed by atoms with Crippen LogP contribution in [-0.4, -0.2) is 52.4 Å². The number of carbonyl (C=O) groups is 6. The van der Waals surface area contributed by atoms with Crippen LogP contribution in [0.1, 0.15) is 27.7 Å². The fourth-order valence-electron chi connectivity index (χ4n) is 1.55. The molecule has 19 heavy (non-hydrogen) atoms. The molecule has 0 aliphatic heterocycles. The molecule has 0 N–H and O–H groups in total. The molecule has 0 aliphatic carbocycles. The minimum atomic E-state index is -2.72. The molecule has 0 unspecified atom stereocenters. The minimum Gasteiger partial charge on any atom is -0.387 e. The van der Waals surface area contributed by atoms with Crippen LogP contribution in [0, 0.1) is 5.41 Å². The van der Waals surface area contributed by atoms with Crippen molar-refractivity contribution in [3.8, 4) is 0 Å². The number of hydrogen-bond acceptors (Lipinski definition) is 7. The second kappa shape index (κ2) is 7.07. The molecule has 0 rings (SSSR count). The Hall–Kier alpha value is -1.65. The highest BCUT2D eigenvalue weighted by Gasteiger charge is 2.55. The number of hydrogen-bond donors (Lipinski definition) is 0. The summed E-state index contributed by atoms with van der Waals surface area (Å²) in [5.74, 6) is -7.71. The summed E-state index contributed by atoms with van der Waals surface area (Å²) in [5, 5.41) is 0. The molecule has 0 heterocycles. The maximum atomic E-state index is 11.7. The molecule has 0 amide bonds. The Labute approximate surface area is 119 Å². The van der Waals surface area contributed by atoms with Gasteiger partial charge in [-0.1, -0.05) is 0 Å². The standard InChI is InChI=1S/C11H12O7.Al.3H/c1-5(12)11(6(2)13,7(3)14)9(16)10(17)18-8(4)15;;;;/h1-4H3;;;;. The molecule has 0 saturated carbocycles. The van der Waals surface area contributed by atoms with Gasteiger partial charge in [0.15, 0.2) is 34.7 Å². The normalized spacial score (nSPS) is 9.89. The lowest BCUT2D eigenvalue weighted by molar-refractivity contribution is -0.170. The summed E-state index contributed by atoms with van der Waals surface area (Å²) in [6, 6.07) is 0. The summed E-state index contributed by atoms with van der Waals surface area (Å²) < 4.78 is 3.98. The lowest BCUT2D eigenvalue weighted by atomic mass is 9.73. The molecule has 0 radical (unpaired) electrons. The van der Waals surface area contributed by atoms with Crippen molar-refractivity contribution in [1.82, 2.24) is 0 Å². The van der Waals surface area contributed by atoms with Gasteiger partial charge in [-0.15, -0.1) is 0 Å². The zero-order valence-corrected chi connectivity index (χ0v) is 10.4. The highest BCUT2D eigenvalue weighted by Crippen LogP contribution is 2.24. The number of carbonyl (C=O) groups excluding carboxylic acids is 6. The molecule has 7 nitrogen and oxygen atoms in total. The van der Waals surface area contributed by atoms with Gasteiger partial charge in [0.25, 0.3) is 5.78 Å². The van der Waals surface area contributed by atoms with Gasteiger partial charge in [0.1, 0.15) is 0 Å². The monoisotopic (exact) mass is 286 g/mol. The third kappa shape index (κ3) is 3.66. The number of rotatable bonds is 5. The van der Waals surface area contributed by atoms with E-state index in [0.717, 1.165) is 27.7 Å². The smallest absolute Gasteiger partial charge is 0.384 e. The van der Waals surface area contributed by atoms with E-state index in [-0.39, 0.29) is 17.4 Å². The molecule has 0 aromatic rings. The van der Waals surface area contributed by atoms with Crippen LogP contribution >= 0.6 is 0 Å². The largest absolute Gasteiger partial charge is 0.387 e. The summed E-state index contributed by atoms with van der Waals surface area (Å²) in [6.45, 7) is 3.37. The minimum absolute atomic E-state index is 0. The molecule has 0 aromatic carbocycles. The summed E-state index contributed by atoms with van der Waals surface area (Å²) >= 11 is 0. The van der Waals surface area contributed by atoms with Crippen molar-refractivity contribution >= 4 is 52.4 Å². The Morgan fingerprint density at radius 2 is 1.05 bits per heavy atom. The molecular formula is C11H15AlO7. The average Bonchev–Trinajstić information content (AvgIpc) is 2.14. The zero-order valence-electron chi connectivity index (χ0n) is 10.4. The molecule has 8 heteroatoms. The molecule has 0 bridgehead atoms. The molecule has 104 valence electrons. The Kier molecular flexibility index (Phi) is 7.32. The van der Waals surface area contributed by atoms with Gasteiger partial charge >= 0.3 is 11.9 Å². The summed E-state index contributed by atoms with van der Waals surface area (Å²) in [7, 11) is 0. The molecule has 0 atom stereocenters. The van der Waals surface area contributed by atoms with E-state index in [2.05, 4.69) is 4.74 Å². The highest BCUT2D eigenvalue weighted by molar-refractivity contribution is 6.53. The van der Waals surface area contributed by atoms with Crippen LogP contribution in [0.4, 0.5) is 0 Å². The lowest BCUT2D eigenvalue weighted by Gasteiger charge is -2.22. The number of ketones is 4. The molecular weight excluding hydrogens is 271 g/mol. The maximum absolute atomic E-state index is 11.7. The Balaban J connectivity index is 0. The molecule has 0 fully saturated rings. The SMILES string of the molecule is CC(=O)OC(=O)C(=O)C(C(C)=O)(C(C)=O)C(C)=O.[AlH3]. The van der Waals surface area contributed by atoms with Gasteiger partial charge in [0.2, 0.25) is 5.41 Å². The van der Waals surface area contributed by atoms with Crippen LogP contribution in [0.3, 0.4) is 0 Å². The van der Waals surface area contributed by atoms with Gasteiger partial charge in [-0.3, -0.25) is 24.0 Å². The van der Waals surface area contributed by atoms with Gasteiger partial charge in [-0.25, -0.2) is 4.79 Å². The Morgan fingerprint density at radius 1 is 0.737 bits per heavy atom. The first-order valence-corrected chi connectivity index (χ1v) is 4.88. The van der Waals surface area contributed by atoms with Crippen LogP contribution in [0.25, 0.3) is 0 Å². The van der Waals surface area contributed by atoms with Crippen LogP contribution in [0.5, 0.6) is 0 Å². The molecule has 0 aromatic heterocycles. The maximum Gasteiger partial charge on any atom is 0.384 e. The van der Waals surface area contributed by atoms with Gasteiger partial charge in [0, 0.05) is 6.92 Å². The van der Waals surface area contributed by atoms with Crippen LogP contribution < -0.4 is 0 Å². The van der Waals surface area contributed by atoms with Gasteiger partial charge < -0.3 is 4.74 Å². The highest BCUT2D eigenvalue weighted by atomic mass is 27.0. The fraction of sp³-hybridized carbons (Fsp3) is 0.455. The Bertz CT molecular complexity index is 428. The lowest BCUT2D eigenvalue weighted by Crippen LogP contribution is -2.53. The van der Waals surface area contributed by atoms with Gasteiger partial charge in [-0.05, 0) is 20.8 Å². The van der Waals surface area contributed by atoms with Crippen LogP contribution in [0.15, 0.2) is 0 Å². The first-order chi connectivity index (χ1) is 8.08. The van der Waals surface area contributed by atoms with Gasteiger partial charge in [-0.2, -0.15) is 0 Å². The third-order valence-electron chi connectivity index (χ3n) is 2.35. The fourth-order valence-corrected chi connectivity index (χ4v) is 1.55. The van der Waals surface area contributed by atoms with E-state index in [4.69, 9.17) is 0 Å². The van der Waals surface area contributed by atoms with E-state index < -0.39 is 40.5 Å². The first kappa shape index (κ1) is 19.7. The second-order valence-corrected chi connectivity index (χ2v) is 3.63. The topological polar surface area (TPSA) is 112 Å². The molecule has 0 aliphatic rings. The molecule has 0 saturated heterocycles. The van der Waals surface area contributed by atoms with E-state index in [1.807, 2.05) is 0 Å². The predicted octanol–water partition coefficient (Wildman–Crippen LogP) is -1.79. The zero-order chi connectivity index (χ0) is 14.7. The second-order valence-electron chi connectivity index (χ2n) is 3.63. The van der Waals surface area contributed by atoms with Crippen LogP contribution in [-0.2, 0) is 33.5 Å². The van der Waals surface area contributed by atoms with E-state index in [1.54, 1.807) is 0 Å². The van der Waals surface area contributed by atoms with Crippen molar-refractivity contribution < 1.29 is 33.5 Å². The van der Waals surface area contributed by atoms with E-state index in [9.17, 15) is 28.8 Å². The average molecular weight is 286 g/mol. The van der Waals surface area contributed by atoms with Crippen molar-refractivity contribution in [2.45, 2.75) is 27.7 Å². The number of esters is 2.